The highest BCUT2D eigenvalue weighted by atomic mass is 32.1. The lowest BCUT2D eigenvalue weighted by Crippen LogP contribution is -2.21. The summed E-state index contributed by atoms with van der Waals surface area (Å²) >= 11 is 1.84. The second-order valence-corrected chi connectivity index (χ2v) is 10.8. The third-order valence-corrected chi connectivity index (χ3v) is 7.17. The molecule has 0 spiro atoms. The summed E-state index contributed by atoms with van der Waals surface area (Å²) in [5.74, 6) is 0.204. The van der Waals surface area contributed by atoms with Gasteiger partial charge in [-0.3, -0.25) is 0 Å². The number of nitrogens with zero attached hydrogens (tertiary/aromatic N) is 1. The molecule has 2 nitrogen and oxygen atoms in total. The van der Waals surface area contributed by atoms with Crippen molar-refractivity contribution in [2.24, 2.45) is 5.41 Å². The van der Waals surface area contributed by atoms with E-state index in [1.807, 2.05) is 32.4 Å². The lowest BCUT2D eigenvalue weighted by Gasteiger charge is -2.30. The molecule has 164 valence electrons. The number of anilines is 1. The molecule has 1 N–H and O–H groups in total. The number of thiophene rings is 1. The van der Waals surface area contributed by atoms with Gasteiger partial charge in [0.05, 0.1) is 0 Å². The van der Waals surface area contributed by atoms with Gasteiger partial charge >= 0.3 is 0 Å². The van der Waals surface area contributed by atoms with Gasteiger partial charge in [-0.25, -0.2) is 0 Å². The molecule has 0 unspecified atom stereocenters. The minimum absolute atomic E-state index is 0.204. The van der Waals surface area contributed by atoms with Crippen LogP contribution in [0.1, 0.15) is 53.6 Å². The number of fused-ring (bicyclic) bond motifs is 1. The van der Waals surface area contributed by atoms with Crippen LogP contribution in [-0.4, -0.2) is 19.2 Å². The summed E-state index contributed by atoms with van der Waals surface area (Å²) in [6.45, 7) is 14.6. The van der Waals surface area contributed by atoms with Crippen LogP contribution in [0.5, 0.6) is 0 Å². The van der Waals surface area contributed by atoms with Crippen LogP contribution in [0.2, 0.25) is 0 Å². The summed E-state index contributed by atoms with van der Waals surface area (Å²) in [6.07, 6.45) is 10.6. The second-order valence-electron chi connectivity index (χ2n) is 9.58. The number of allylic oxidation sites excluding steroid dienone is 5. The Morgan fingerprint density at radius 2 is 1.87 bits per heavy atom. The van der Waals surface area contributed by atoms with E-state index in [0.717, 1.165) is 36.0 Å². The third-order valence-electron chi connectivity index (χ3n) is 5.86. The van der Waals surface area contributed by atoms with Gasteiger partial charge in [0.2, 0.25) is 0 Å². The van der Waals surface area contributed by atoms with Crippen LogP contribution < -0.4 is 4.90 Å². The molecule has 31 heavy (non-hydrogen) atoms. The maximum atomic E-state index is 10.4. The predicted octanol–water partition coefficient (Wildman–Crippen LogP) is 7.62. The van der Waals surface area contributed by atoms with E-state index in [1.54, 1.807) is 0 Å². The highest BCUT2D eigenvalue weighted by Crippen LogP contribution is 2.43. The monoisotopic (exact) mass is 433 g/mol. The first kappa shape index (κ1) is 23.1. The summed E-state index contributed by atoms with van der Waals surface area (Å²) in [6, 6.07) is 8.58. The Kier molecular flexibility index (Phi) is 6.96. The first-order chi connectivity index (χ1) is 14.6. The van der Waals surface area contributed by atoms with Crippen LogP contribution in [0.4, 0.5) is 5.69 Å². The van der Waals surface area contributed by atoms with Crippen molar-refractivity contribution in [1.29, 1.82) is 0 Å². The molecule has 2 aromatic rings. The topological polar surface area (TPSA) is 23.5 Å². The Hall–Kier alpha value is -2.52. The fraction of sp³-hybridized carbons (Fsp3) is 0.357. The van der Waals surface area contributed by atoms with E-state index in [-0.39, 0.29) is 11.2 Å². The number of aliphatic hydroxyl groups is 1. The molecular weight excluding hydrogens is 398 g/mol. The molecule has 0 radical (unpaired) electrons. The highest BCUT2D eigenvalue weighted by Gasteiger charge is 2.30. The molecule has 1 aromatic carbocycles. The standard InChI is InChI=1S/C28H35NOS/c1-19(2)17-22(21-11-13-23(14-12-21)29(6)7)9-8-10-26-27(20(3)30)24-18-28(4,5)16-15-25(24)31-26/h8-9,11-14,17,30H,1,3,10,15-16,18H2,2,4-7H3/b9-8-,22-17+. The summed E-state index contributed by atoms with van der Waals surface area (Å²) in [7, 11) is 4.10. The zero-order chi connectivity index (χ0) is 22.8. The summed E-state index contributed by atoms with van der Waals surface area (Å²) < 4.78 is 0. The van der Waals surface area contributed by atoms with E-state index >= 15 is 0 Å². The predicted molar refractivity (Wildman–Crippen MR) is 138 cm³/mol. The van der Waals surface area contributed by atoms with Gasteiger partial charge in [-0.05, 0) is 60.4 Å². The average Bonchev–Trinajstić information content (AvgIpc) is 3.03. The molecule has 0 aliphatic heterocycles. The van der Waals surface area contributed by atoms with Crippen molar-refractivity contribution in [3.05, 3.63) is 87.7 Å². The van der Waals surface area contributed by atoms with Gasteiger partial charge in [-0.1, -0.05) is 62.9 Å². The van der Waals surface area contributed by atoms with Crippen LogP contribution >= 0.6 is 11.3 Å². The lowest BCUT2D eigenvalue weighted by molar-refractivity contribution is 0.317. The van der Waals surface area contributed by atoms with Crippen LogP contribution in [0.15, 0.2) is 61.2 Å². The molecular formula is C28H35NOS. The fourth-order valence-electron chi connectivity index (χ4n) is 4.19. The minimum atomic E-state index is 0.204. The Bertz CT molecular complexity index is 1030. The Morgan fingerprint density at radius 1 is 1.19 bits per heavy atom. The number of benzene rings is 1. The van der Waals surface area contributed by atoms with E-state index in [2.05, 4.69) is 74.4 Å². The summed E-state index contributed by atoms with van der Waals surface area (Å²) in [5, 5.41) is 10.4. The van der Waals surface area contributed by atoms with Crippen molar-refractivity contribution in [3.8, 4) is 0 Å². The van der Waals surface area contributed by atoms with Gasteiger partial charge in [0.25, 0.3) is 0 Å². The largest absolute Gasteiger partial charge is 0.508 e. The van der Waals surface area contributed by atoms with Gasteiger partial charge in [-0.2, -0.15) is 0 Å². The zero-order valence-electron chi connectivity index (χ0n) is 19.6. The molecule has 3 heteroatoms. The van der Waals surface area contributed by atoms with E-state index in [1.165, 1.54) is 33.0 Å². The normalized spacial score (nSPS) is 15.7. The Balaban J connectivity index is 1.87. The van der Waals surface area contributed by atoms with Crippen LogP contribution in [0.3, 0.4) is 0 Å². The first-order valence-corrected chi connectivity index (χ1v) is 11.7. The zero-order valence-corrected chi connectivity index (χ0v) is 20.4. The summed E-state index contributed by atoms with van der Waals surface area (Å²) in [4.78, 5) is 4.74. The molecule has 1 aliphatic carbocycles. The Morgan fingerprint density at radius 3 is 2.45 bits per heavy atom. The van der Waals surface area contributed by atoms with Crippen molar-refractivity contribution >= 4 is 28.4 Å². The minimum Gasteiger partial charge on any atom is -0.508 e. The van der Waals surface area contributed by atoms with E-state index in [9.17, 15) is 5.11 Å². The lowest BCUT2D eigenvalue weighted by atomic mass is 9.76. The highest BCUT2D eigenvalue weighted by molar-refractivity contribution is 7.12. The van der Waals surface area contributed by atoms with Crippen LogP contribution in [0, 0.1) is 5.41 Å². The fourth-order valence-corrected chi connectivity index (χ4v) is 5.52. The number of hydrogen-bond acceptors (Lipinski definition) is 3. The SMILES string of the molecule is C=C(C)/C=C(\C=C/Cc1sc2c(c1C(=C)O)CC(C)(C)CC2)c1ccc(N(C)C)cc1. The van der Waals surface area contributed by atoms with Crippen molar-refractivity contribution in [2.75, 3.05) is 19.0 Å². The molecule has 1 aliphatic rings. The number of hydrogen-bond donors (Lipinski definition) is 1. The molecule has 0 fully saturated rings. The number of rotatable bonds is 7. The number of aliphatic hydroxyl groups excluding tert-OH is 1. The maximum absolute atomic E-state index is 10.4. The third kappa shape index (κ3) is 5.59. The van der Waals surface area contributed by atoms with Crippen LogP contribution in [-0.2, 0) is 19.3 Å². The van der Waals surface area contributed by atoms with E-state index in [4.69, 9.17) is 0 Å². The quantitative estimate of drug-likeness (QED) is 0.359. The molecule has 0 atom stereocenters. The molecule has 0 bridgehead atoms. The first-order valence-electron chi connectivity index (χ1n) is 10.9. The van der Waals surface area contributed by atoms with Gasteiger partial charge in [-0.15, -0.1) is 11.3 Å². The van der Waals surface area contributed by atoms with Crippen molar-refractivity contribution in [1.82, 2.24) is 0 Å². The second kappa shape index (κ2) is 9.32. The molecule has 0 saturated heterocycles. The average molecular weight is 434 g/mol. The van der Waals surface area contributed by atoms with Crippen molar-refractivity contribution in [3.63, 3.8) is 0 Å². The van der Waals surface area contributed by atoms with E-state index in [0.29, 0.717) is 0 Å². The molecule has 0 saturated carbocycles. The van der Waals surface area contributed by atoms with Gasteiger partial charge in [0.1, 0.15) is 5.76 Å². The summed E-state index contributed by atoms with van der Waals surface area (Å²) in [5.41, 5.74) is 7.09. The van der Waals surface area contributed by atoms with Gasteiger partial charge < -0.3 is 10.0 Å². The molecule has 1 heterocycles. The van der Waals surface area contributed by atoms with Crippen molar-refractivity contribution < 1.29 is 5.11 Å². The molecule has 3 rings (SSSR count). The van der Waals surface area contributed by atoms with E-state index < -0.39 is 0 Å². The van der Waals surface area contributed by atoms with Crippen LogP contribution in [0.25, 0.3) is 11.3 Å². The number of aryl methyl sites for hydroxylation is 1. The van der Waals surface area contributed by atoms with Crippen molar-refractivity contribution in [2.45, 2.75) is 46.5 Å². The van der Waals surface area contributed by atoms with Gasteiger partial charge in [0.15, 0.2) is 0 Å². The molecule has 0 amide bonds. The Labute approximate surface area is 191 Å². The molecule has 1 aromatic heterocycles. The smallest absolute Gasteiger partial charge is 0.117 e. The maximum Gasteiger partial charge on any atom is 0.117 e. The van der Waals surface area contributed by atoms with Gasteiger partial charge in [0, 0.05) is 41.5 Å².